The van der Waals surface area contributed by atoms with Crippen LogP contribution in [0.5, 0.6) is 0 Å². The van der Waals surface area contributed by atoms with E-state index < -0.39 is 10.7 Å². The lowest BCUT2D eigenvalue weighted by molar-refractivity contribution is -0.123. The minimum absolute atomic E-state index is 0.200. The summed E-state index contributed by atoms with van der Waals surface area (Å²) in [5, 5.41) is 0.531. The van der Waals surface area contributed by atoms with Crippen molar-refractivity contribution >= 4 is 40.9 Å². The van der Waals surface area contributed by atoms with E-state index in [1.165, 1.54) is 23.9 Å². The molecule has 2 aliphatic heterocycles. The average molecular weight is 419 g/mol. The van der Waals surface area contributed by atoms with E-state index in [0.29, 0.717) is 34.9 Å². The molecule has 0 N–H and O–H groups in total. The molecular weight excluding hydrogens is 399 g/mol. The lowest BCUT2D eigenvalue weighted by atomic mass is 10.0. The molecule has 2 amide bonds. The number of thioether (sulfide) groups is 1. The van der Waals surface area contributed by atoms with E-state index in [-0.39, 0.29) is 16.6 Å². The summed E-state index contributed by atoms with van der Waals surface area (Å²) in [6.07, 6.45) is 0. The smallest absolute Gasteiger partial charge is 0.268 e. The van der Waals surface area contributed by atoms with Gasteiger partial charge in [0.1, 0.15) is 5.82 Å². The Kier molecular flexibility index (Phi) is 4.47. The van der Waals surface area contributed by atoms with Crippen molar-refractivity contribution < 1.29 is 14.0 Å². The fraction of sp³-hybridized carbons (Fsp3) is 0.333. The summed E-state index contributed by atoms with van der Waals surface area (Å²) in [6.45, 7) is 6.69. The highest BCUT2D eigenvalue weighted by Gasteiger charge is 2.63. The standard InChI is InChI=1S/C21H20ClFN2O2S/c1-4-24-17-10-9-15(23)11-16(17)21(19(24)27)25(12-20(2,3)28-21)18(26)13-5-7-14(22)8-6-13/h5-11H,4,12H2,1-3H3/t21-/m0/s1. The number of likely N-dealkylation sites (N-methyl/N-ethyl adjacent to an activating group) is 1. The fourth-order valence-corrected chi connectivity index (χ4v) is 5.89. The molecule has 0 bridgehead atoms. The largest absolute Gasteiger partial charge is 0.310 e. The van der Waals surface area contributed by atoms with Crippen LogP contribution in [0, 0.1) is 5.82 Å². The van der Waals surface area contributed by atoms with Crippen LogP contribution in [0.1, 0.15) is 36.7 Å². The number of nitrogens with zero attached hydrogens (tertiary/aromatic N) is 2. The van der Waals surface area contributed by atoms with Gasteiger partial charge in [0, 0.05) is 34.0 Å². The van der Waals surface area contributed by atoms with Gasteiger partial charge < -0.3 is 9.80 Å². The first-order chi connectivity index (χ1) is 13.2. The molecule has 2 aromatic rings. The van der Waals surface area contributed by atoms with Crippen LogP contribution in [-0.4, -0.2) is 34.6 Å². The van der Waals surface area contributed by atoms with Crippen molar-refractivity contribution in [1.29, 1.82) is 0 Å². The van der Waals surface area contributed by atoms with Gasteiger partial charge in [0.25, 0.3) is 11.8 Å². The molecule has 1 atom stereocenters. The first-order valence-corrected chi connectivity index (χ1v) is 10.3. The summed E-state index contributed by atoms with van der Waals surface area (Å²) < 4.78 is 13.8. The zero-order valence-electron chi connectivity index (χ0n) is 15.8. The number of hydrogen-bond donors (Lipinski definition) is 0. The average Bonchev–Trinajstić information content (AvgIpc) is 3.07. The zero-order valence-corrected chi connectivity index (χ0v) is 17.4. The molecule has 2 heterocycles. The third-order valence-corrected chi connectivity index (χ3v) is 6.99. The maximum absolute atomic E-state index is 14.2. The molecule has 0 aromatic heterocycles. The molecule has 0 radical (unpaired) electrons. The predicted octanol–water partition coefficient (Wildman–Crippen LogP) is 4.67. The molecule has 4 nitrogen and oxygen atoms in total. The molecule has 0 aliphatic carbocycles. The van der Waals surface area contributed by atoms with Gasteiger partial charge >= 0.3 is 0 Å². The monoisotopic (exact) mass is 418 g/mol. The molecule has 1 fully saturated rings. The van der Waals surface area contributed by atoms with Crippen molar-refractivity contribution in [2.24, 2.45) is 0 Å². The predicted molar refractivity (Wildman–Crippen MR) is 110 cm³/mol. The summed E-state index contributed by atoms with van der Waals surface area (Å²) in [4.78, 5) is 29.0. The highest BCUT2D eigenvalue weighted by molar-refractivity contribution is 8.02. The summed E-state index contributed by atoms with van der Waals surface area (Å²) in [5.74, 6) is -0.891. The van der Waals surface area contributed by atoms with Gasteiger partial charge in [0.2, 0.25) is 0 Å². The van der Waals surface area contributed by atoms with E-state index in [4.69, 9.17) is 11.6 Å². The molecule has 7 heteroatoms. The van der Waals surface area contributed by atoms with E-state index >= 15 is 0 Å². The number of anilines is 1. The van der Waals surface area contributed by atoms with Crippen LogP contribution >= 0.6 is 23.4 Å². The highest BCUT2D eigenvalue weighted by atomic mass is 35.5. The maximum Gasteiger partial charge on any atom is 0.268 e. The maximum atomic E-state index is 14.2. The Morgan fingerprint density at radius 1 is 1.21 bits per heavy atom. The quantitative estimate of drug-likeness (QED) is 0.711. The Morgan fingerprint density at radius 3 is 2.54 bits per heavy atom. The molecule has 1 spiro atoms. The van der Waals surface area contributed by atoms with Gasteiger partial charge in [0.15, 0.2) is 4.87 Å². The molecule has 0 unspecified atom stereocenters. The Balaban J connectivity index is 1.90. The molecule has 146 valence electrons. The third kappa shape index (κ3) is 2.73. The molecule has 4 rings (SSSR count). The molecule has 0 saturated carbocycles. The van der Waals surface area contributed by atoms with Crippen LogP contribution in [0.2, 0.25) is 5.02 Å². The van der Waals surface area contributed by atoms with Gasteiger partial charge in [-0.2, -0.15) is 0 Å². The van der Waals surface area contributed by atoms with Crippen molar-refractivity contribution in [2.75, 3.05) is 18.0 Å². The molecule has 2 aliphatic rings. The van der Waals surface area contributed by atoms with Crippen LogP contribution in [0.3, 0.4) is 0 Å². The van der Waals surface area contributed by atoms with Crippen molar-refractivity contribution in [1.82, 2.24) is 4.90 Å². The van der Waals surface area contributed by atoms with Crippen LogP contribution in [0.15, 0.2) is 42.5 Å². The Bertz CT molecular complexity index is 979. The second-order valence-corrected chi connectivity index (χ2v) is 9.95. The molecule has 1 saturated heterocycles. The minimum atomic E-state index is -1.27. The summed E-state index contributed by atoms with van der Waals surface area (Å²) in [5.41, 5.74) is 1.65. The second-order valence-electron chi connectivity index (χ2n) is 7.61. The fourth-order valence-electron chi connectivity index (χ4n) is 4.04. The van der Waals surface area contributed by atoms with Gasteiger partial charge in [-0.1, -0.05) is 11.6 Å². The third-order valence-electron chi connectivity index (χ3n) is 5.15. The van der Waals surface area contributed by atoms with Crippen molar-refractivity contribution in [3.63, 3.8) is 0 Å². The van der Waals surface area contributed by atoms with Crippen LogP contribution in [0.25, 0.3) is 0 Å². The Labute approximate surface area is 172 Å². The summed E-state index contributed by atoms with van der Waals surface area (Å²) in [6, 6.07) is 11.0. The van der Waals surface area contributed by atoms with E-state index in [1.807, 2.05) is 20.8 Å². The normalized spacial score (nSPS) is 22.8. The van der Waals surface area contributed by atoms with Gasteiger partial charge in [0.05, 0.1) is 5.69 Å². The number of benzene rings is 2. The molecule has 28 heavy (non-hydrogen) atoms. The zero-order chi connectivity index (χ0) is 20.3. The van der Waals surface area contributed by atoms with E-state index in [2.05, 4.69) is 0 Å². The van der Waals surface area contributed by atoms with Gasteiger partial charge in [-0.25, -0.2) is 4.39 Å². The van der Waals surface area contributed by atoms with Crippen LogP contribution < -0.4 is 4.90 Å². The first-order valence-electron chi connectivity index (χ1n) is 9.09. The number of rotatable bonds is 2. The van der Waals surface area contributed by atoms with Gasteiger partial charge in [-0.05, 0) is 63.2 Å². The molecule has 2 aromatic carbocycles. The van der Waals surface area contributed by atoms with E-state index in [1.54, 1.807) is 40.1 Å². The number of carbonyl (C=O) groups excluding carboxylic acids is 2. The van der Waals surface area contributed by atoms with E-state index in [0.717, 1.165) is 0 Å². The minimum Gasteiger partial charge on any atom is -0.310 e. The van der Waals surface area contributed by atoms with Gasteiger partial charge in [-0.3, -0.25) is 9.59 Å². The Morgan fingerprint density at radius 2 is 1.89 bits per heavy atom. The number of halogens is 2. The lowest BCUT2D eigenvalue weighted by Crippen LogP contribution is -2.50. The Hall–Kier alpha value is -2.05. The number of hydrogen-bond acceptors (Lipinski definition) is 3. The topological polar surface area (TPSA) is 40.6 Å². The SMILES string of the molecule is CCN1C(=O)[C@@]2(SC(C)(C)CN2C(=O)c2ccc(Cl)cc2)c2cc(F)ccc21. The highest BCUT2D eigenvalue weighted by Crippen LogP contribution is 2.59. The van der Waals surface area contributed by atoms with Crippen molar-refractivity contribution in [2.45, 2.75) is 30.4 Å². The summed E-state index contributed by atoms with van der Waals surface area (Å²) >= 11 is 7.37. The van der Waals surface area contributed by atoms with Crippen LogP contribution in [-0.2, 0) is 9.67 Å². The first kappa shape index (κ1) is 19.3. The lowest BCUT2D eigenvalue weighted by Gasteiger charge is -2.33. The number of amides is 2. The second kappa shape index (κ2) is 6.49. The summed E-state index contributed by atoms with van der Waals surface area (Å²) in [7, 11) is 0. The van der Waals surface area contributed by atoms with Crippen molar-refractivity contribution in [3.05, 3.63) is 64.4 Å². The van der Waals surface area contributed by atoms with Crippen LogP contribution in [0.4, 0.5) is 10.1 Å². The van der Waals surface area contributed by atoms with Crippen molar-refractivity contribution in [3.8, 4) is 0 Å². The molecular formula is C21H20ClFN2O2S. The van der Waals surface area contributed by atoms with E-state index in [9.17, 15) is 14.0 Å². The number of carbonyl (C=O) groups is 2. The number of fused-ring (bicyclic) bond motifs is 2. The van der Waals surface area contributed by atoms with Gasteiger partial charge in [-0.15, -0.1) is 11.8 Å².